The van der Waals surface area contributed by atoms with Crippen LogP contribution in [0.1, 0.15) is 17.2 Å². The minimum atomic E-state index is -0.216. The minimum Gasteiger partial charge on any atom is -0.368 e. The predicted octanol–water partition coefficient (Wildman–Crippen LogP) is 2.95. The molecule has 1 amide bonds. The van der Waals surface area contributed by atoms with Crippen LogP contribution in [0, 0.1) is 6.92 Å². The molecule has 0 aliphatic carbocycles. The number of nitrogens with zero attached hydrogens (tertiary/aromatic N) is 3. The second-order valence-corrected chi connectivity index (χ2v) is 6.93. The molecule has 0 N–H and O–H groups in total. The summed E-state index contributed by atoms with van der Waals surface area (Å²) in [4.78, 5) is 19.5. The number of benzene rings is 2. The van der Waals surface area contributed by atoms with E-state index in [9.17, 15) is 4.79 Å². The topological polar surface area (TPSA) is 26.8 Å². The Balaban J connectivity index is 1.68. The van der Waals surface area contributed by atoms with Crippen LogP contribution in [0.2, 0.25) is 0 Å². The third-order valence-corrected chi connectivity index (χ3v) is 4.82. The molecule has 0 saturated carbocycles. The van der Waals surface area contributed by atoms with Gasteiger partial charge in [0, 0.05) is 31.9 Å². The molecule has 4 nitrogen and oxygen atoms in total. The van der Waals surface area contributed by atoms with Crippen LogP contribution in [0.4, 0.5) is 5.69 Å². The standard InChI is InChI=1S/C21H27N3O/c1-17-8-7-11-19(16-17)23-12-14-24(15-13-23)21(25)20(22(2)3)18-9-5-4-6-10-18/h4-11,16,20H,12-15H2,1-3H3. The van der Waals surface area contributed by atoms with Crippen LogP contribution in [-0.2, 0) is 4.79 Å². The summed E-state index contributed by atoms with van der Waals surface area (Å²) in [6.45, 7) is 5.41. The summed E-state index contributed by atoms with van der Waals surface area (Å²) in [5, 5.41) is 0. The van der Waals surface area contributed by atoms with Gasteiger partial charge in [-0.3, -0.25) is 9.69 Å². The van der Waals surface area contributed by atoms with Gasteiger partial charge in [-0.1, -0.05) is 42.5 Å². The molecule has 1 unspecified atom stereocenters. The van der Waals surface area contributed by atoms with Crippen molar-refractivity contribution in [3.05, 3.63) is 65.7 Å². The van der Waals surface area contributed by atoms with Crippen molar-refractivity contribution in [2.45, 2.75) is 13.0 Å². The zero-order valence-corrected chi connectivity index (χ0v) is 15.4. The van der Waals surface area contributed by atoms with Gasteiger partial charge in [0.15, 0.2) is 0 Å². The van der Waals surface area contributed by atoms with Gasteiger partial charge < -0.3 is 9.80 Å². The largest absolute Gasteiger partial charge is 0.368 e. The maximum absolute atomic E-state index is 13.1. The van der Waals surface area contributed by atoms with E-state index in [1.54, 1.807) is 0 Å². The summed E-state index contributed by atoms with van der Waals surface area (Å²) in [5.74, 6) is 0.195. The maximum atomic E-state index is 13.1. The van der Waals surface area contributed by atoms with Crippen LogP contribution in [0.15, 0.2) is 54.6 Å². The monoisotopic (exact) mass is 337 g/mol. The van der Waals surface area contributed by atoms with Crippen LogP contribution in [0.3, 0.4) is 0 Å². The molecule has 132 valence electrons. The highest BCUT2D eigenvalue weighted by Crippen LogP contribution is 2.23. The first-order valence-electron chi connectivity index (χ1n) is 8.88. The van der Waals surface area contributed by atoms with Gasteiger partial charge in [-0.15, -0.1) is 0 Å². The van der Waals surface area contributed by atoms with Crippen molar-refractivity contribution in [2.75, 3.05) is 45.2 Å². The zero-order chi connectivity index (χ0) is 17.8. The first-order chi connectivity index (χ1) is 12.1. The number of carbonyl (C=O) groups is 1. The van der Waals surface area contributed by atoms with E-state index in [0.29, 0.717) is 0 Å². The molecule has 0 radical (unpaired) electrons. The number of amides is 1. The van der Waals surface area contributed by atoms with Crippen molar-refractivity contribution in [3.8, 4) is 0 Å². The number of rotatable bonds is 4. The molecule has 1 aliphatic heterocycles. The van der Waals surface area contributed by atoms with Gasteiger partial charge >= 0.3 is 0 Å². The molecule has 1 aliphatic rings. The van der Waals surface area contributed by atoms with Crippen molar-refractivity contribution in [3.63, 3.8) is 0 Å². The molecular formula is C21H27N3O. The van der Waals surface area contributed by atoms with Crippen LogP contribution < -0.4 is 4.90 Å². The number of aryl methyl sites for hydroxylation is 1. The number of piperazine rings is 1. The van der Waals surface area contributed by atoms with Crippen molar-refractivity contribution in [1.29, 1.82) is 0 Å². The quantitative estimate of drug-likeness (QED) is 0.858. The number of hydrogen-bond donors (Lipinski definition) is 0. The third-order valence-electron chi connectivity index (χ3n) is 4.82. The van der Waals surface area contributed by atoms with Gasteiger partial charge in [-0.25, -0.2) is 0 Å². The smallest absolute Gasteiger partial charge is 0.244 e. The van der Waals surface area contributed by atoms with Crippen molar-refractivity contribution >= 4 is 11.6 Å². The normalized spacial score (nSPS) is 16.2. The lowest BCUT2D eigenvalue weighted by Crippen LogP contribution is -2.51. The summed E-state index contributed by atoms with van der Waals surface area (Å²) in [7, 11) is 3.94. The van der Waals surface area contributed by atoms with E-state index in [0.717, 1.165) is 31.7 Å². The van der Waals surface area contributed by atoms with Crippen LogP contribution in [0.25, 0.3) is 0 Å². The summed E-state index contributed by atoms with van der Waals surface area (Å²) in [6.07, 6.45) is 0. The first-order valence-corrected chi connectivity index (χ1v) is 8.88. The first kappa shape index (κ1) is 17.5. The van der Waals surface area contributed by atoms with E-state index < -0.39 is 0 Å². The molecule has 1 atom stereocenters. The second-order valence-electron chi connectivity index (χ2n) is 6.93. The lowest BCUT2D eigenvalue weighted by Gasteiger charge is -2.38. The van der Waals surface area contributed by atoms with Crippen LogP contribution in [0.5, 0.6) is 0 Å². The highest BCUT2D eigenvalue weighted by molar-refractivity contribution is 5.83. The predicted molar refractivity (Wildman–Crippen MR) is 103 cm³/mol. The SMILES string of the molecule is Cc1cccc(N2CCN(C(=O)C(c3ccccc3)N(C)C)CC2)c1. The van der Waals surface area contributed by atoms with E-state index in [-0.39, 0.29) is 11.9 Å². The van der Waals surface area contributed by atoms with E-state index >= 15 is 0 Å². The molecular weight excluding hydrogens is 310 g/mol. The van der Waals surface area contributed by atoms with Gasteiger partial charge in [0.05, 0.1) is 0 Å². The number of anilines is 1. The summed E-state index contributed by atoms with van der Waals surface area (Å²) in [5.41, 5.74) is 3.57. The molecule has 2 aromatic rings. The molecule has 0 spiro atoms. The fraction of sp³-hybridized carbons (Fsp3) is 0.381. The van der Waals surface area contributed by atoms with Gasteiger partial charge in [-0.05, 0) is 44.3 Å². The molecule has 4 heteroatoms. The van der Waals surface area contributed by atoms with Gasteiger partial charge in [0.1, 0.15) is 6.04 Å². The highest BCUT2D eigenvalue weighted by Gasteiger charge is 2.30. The van der Waals surface area contributed by atoms with Crippen LogP contribution >= 0.6 is 0 Å². The molecule has 0 aromatic heterocycles. The summed E-state index contributed by atoms with van der Waals surface area (Å²) < 4.78 is 0. The van der Waals surface area contributed by atoms with E-state index in [2.05, 4.69) is 36.1 Å². The van der Waals surface area contributed by atoms with Crippen molar-refractivity contribution in [1.82, 2.24) is 9.80 Å². The van der Waals surface area contributed by atoms with E-state index in [4.69, 9.17) is 0 Å². The van der Waals surface area contributed by atoms with Crippen molar-refractivity contribution in [2.24, 2.45) is 0 Å². The van der Waals surface area contributed by atoms with Crippen LogP contribution in [-0.4, -0.2) is 56.0 Å². The molecule has 1 saturated heterocycles. The number of carbonyl (C=O) groups excluding carboxylic acids is 1. The maximum Gasteiger partial charge on any atom is 0.244 e. The molecule has 25 heavy (non-hydrogen) atoms. The Labute approximate surface area is 150 Å². The van der Waals surface area contributed by atoms with Gasteiger partial charge in [0.25, 0.3) is 0 Å². The highest BCUT2D eigenvalue weighted by atomic mass is 16.2. The fourth-order valence-electron chi connectivity index (χ4n) is 3.48. The minimum absolute atomic E-state index is 0.195. The van der Waals surface area contributed by atoms with E-state index in [1.165, 1.54) is 11.3 Å². The average Bonchev–Trinajstić information content (AvgIpc) is 2.62. The Morgan fingerprint density at radius 2 is 1.64 bits per heavy atom. The Morgan fingerprint density at radius 1 is 0.960 bits per heavy atom. The van der Waals surface area contributed by atoms with Crippen molar-refractivity contribution < 1.29 is 4.79 Å². The van der Waals surface area contributed by atoms with Gasteiger partial charge in [-0.2, -0.15) is 0 Å². The molecule has 1 fully saturated rings. The number of hydrogen-bond acceptors (Lipinski definition) is 3. The second kappa shape index (κ2) is 7.70. The summed E-state index contributed by atoms with van der Waals surface area (Å²) >= 11 is 0. The zero-order valence-electron chi connectivity index (χ0n) is 15.4. The lowest BCUT2D eigenvalue weighted by atomic mass is 10.0. The fourth-order valence-corrected chi connectivity index (χ4v) is 3.48. The Bertz CT molecular complexity index is 706. The molecule has 1 heterocycles. The summed E-state index contributed by atoms with van der Waals surface area (Å²) in [6, 6.07) is 18.4. The van der Waals surface area contributed by atoms with E-state index in [1.807, 2.05) is 54.2 Å². The number of likely N-dealkylation sites (N-methyl/N-ethyl adjacent to an activating group) is 1. The lowest BCUT2D eigenvalue weighted by molar-refractivity contribution is -0.136. The molecule has 0 bridgehead atoms. The molecule has 2 aromatic carbocycles. The molecule has 3 rings (SSSR count). The average molecular weight is 337 g/mol. The Hall–Kier alpha value is -2.33. The van der Waals surface area contributed by atoms with Gasteiger partial charge in [0.2, 0.25) is 5.91 Å². The Kier molecular flexibility index (Phi) is 5.39. The Morgan fingerprint density at radius 3 is 2.24 bits per heavy atom. The third kappa shape index (κ3) is 4.02.